The van der Waals surface area contributed by atoms with Crippen LogP contribution in [0.15, 0.2) is 48.5 Å². The zero-order valence-corrected chi connectivity index (χ0v) is 11.3. The zero-order valence-electron chi connectivity index (χ0n) is 11.3. The molecule has 0 spiro atoms. The van der Waals surface area contributed by atoms with Gasteiger partial charge in [0.2, 0.25) is 0 Å². The van der Waals surface area contributed by atoms with Crippen molar-refractivity contribution in [1.29, 1.82) is 0 Å². The molecule has 0 amide bonds. The molecular formula is C19H16. The Morgan fingerprint density at radius 3 is 2.00 bits per heavy atom. The van der Waals surface area contributed by atoms with Gasteiger partial charge in [0.05, 0.1) is 0 Å². The average Bonchev–Trinajstić information content (AvgIpc) is 2.46. The molecule has 0 fully saturated rings. The van der Waals surface area contributed by atoms with E-state index in [1.54, 1.807) is 0 Å². The molecule has 0 bridgehead atoms. The van der Waals surface area contributed by atoms with Crippen molar-refractivity contribution in [3.63, 3.8) is 0 Å². The Bertz CT molecular complexity index is 900. The van der Waals surface area contributed by atoms with E-state index in [0.717, 1.165) is 6.42 Å². The van der Waals surface area contributed by atoms with Crippen LogP contribution in [0.1, 0.15) is 18.1 Å². The smallest absolute Gasteiger partial charge is 0.00239 e. The highest BCUT2D eigenvalue weighted by Crippen LogP contribution is 2.37. The summed E-state index contributed by atoms with van der Waals surface area (Å²) in [7, 11) is 0. The maximum absolute atomic E-state index is 2.30. The Hall–Kier alpha value is -2.08. The van der Waals surface area contributed by atoms with Crippen molar-refractivity contribution in [2.75, 3.05) is 0 Å². The van der Waals surface area contributed by atoms with Gasteiger partial charge < -0.3 is 0 Å². The van der Waals surface area contributed by atoms with Gasteiger partial charge >= 0.3 is 0 Å². The summed E-state index contributed by atoms with van der Waals surface area (Å²) in [5.41, 5.74) is 2.81. The minimum Gasteiger partial charge on any atom is -0.0613 e. The molecule has 0 aliphatic carbocycles. The van der Waals surface area contributed by atoms with Gasteiger partial charge in [0.25, 0.3) is 0 Å². The molecule has 0 N–H and O–H groups in total. The normalized spacial score (nSPS) is 11.9. The van der Waals surface area contributed by atoms with E-state index in [1.807, 2.05) is 0 Å². The summed E-state index contributed by atoms with van der Waals surface area (Å²) in [5, 5.41) is 8.40. The van der Waals surface area contributed by atoms with Crippen LogP contribution in [-0.4, -0.2) is 0 Å². The SMILES string of the molecule is CCc1ccc2ccc3ccc(C)c4ccc1c2c34. The van der Waals surface area contributed by atoms with Gasteiger partial charge in [-0.15, -0.1) is 0 Å². The third-order valence-electron chi connectivity index (χ3n) is 4.35. The predicted molar refractivity (Wildman–Crippen MR) is 84.3 cm³/mol. The van der Waals surface area contributed by atoms with Gasteiger partial charge in [0.1, 0.15) is 0 Å². The van der Waals surface area contributed by atoms with Crippen LogP contribution in [-0.2, 0) is 6.42 Å². The van der Waals surface area contributed by atoms with Crippen LogP contribution in [0.4, 0.5) is 0 Å². The van der Waals surface area contributed by atoms with Crippen LogP contribution in [0.3, 0.4) is 0 Å². The maximum atomic E-state index is 2.30. The zero-order chi connectivity index (χ0) is 13.0. The van der Waals surface area contributed by atoms with Gasteiger partial charge in [-0.3, -0.25) is 0 Å². The first kappa shape index (κ1) is 10.8. The predicted octanol–water partition coefficient (Wildman–Crippen LogP) is 5.45. The number of benzene rings is 4. The summed E-state index contributed by atoms with van der Waals surface area (Å²) in [6, 6.07) is 18.1. The summed E-state index contributed by atoms with van der Waals surface area (Å²) in [5.74, 6) is 0. The summed E-state index contributed by atoms with van der Waals surface area (Å²) in [4.78, 5) is 0. The Kier molecular flexibility index (Phi) is 2.11. The molecule has 0 aromatic heterocycles. The van der Waals surface area contributed by atoms with Crippen molar-refractivity contribution < 1.29 is 0 Å². The molecular weight excluding hydrogens is 228 g/mol. The lowest BCUT2D eigenvalue weighted by Gasteiger charge is -2.14. The molecule has 0 heterocycles. The number of aryl methyl sites for hydroxylation is 2. The fraction of sp³-hybridized carbons (Fsp3) is 0.158. The second-order valence-corrected chi connectivity index (χ2v) is 5.38. The van der Waals surface area contributed by atoms with Crippen molar-refractivity contribution in [3.05, 3.63) is 59.7 Å². The third kappa shape index (κ3) is 1.34. The van der Waals surface area contributed by atoms with Crippen molar-refractivity contribution in [2.45, 2.75) is 20.3 Å². The van der Waals surface area contributed by atoms with Crippen LogP contribution < -0.4 is 0 Å². The molecule has 0 aliphatic heterocycles. The highest BCUT2D eigenvalue weighted by atomic mass is 14.1. The topological polar surface area (TPSA) is 0 Å². The van der Waals surface area contributed by atoms with Crippen LogP contribution in [0.5, 0.6) is 0 Å². The largest absolute Gasteiger partial charge is 0.0613 e. The molecule has 0 saturated heterocycles. The van der Waals surface area contributed by atoms with Crippen LogP contribution >= 0.6 is 0 Å². The molecule has 0 unspecified atom stereocenters. The Morgan fingerprint density at radius 1 is 0.684 bits per heavy atom. The first-order valence-electron chi connectivity index (χ1n) is 6.95. The molecule has 0 nitrogen and oxygen atoms in total. The van der Waals surface area contributed by atoms with E-state index < -0.39 is 0 Å². The Balaban J connectivity index is 2.39. The molecule has 4 aromatic carbocycles. The second-order valence-electron chi connectivity index (χ2n) is 5.38. The van der Waals surface area contributed by atoms with Crippen molar-refractivity contribution in [3.8, 4) is 0 Å². The van der Waals surface area contributed by atoms with E-state index in [-0.39, 0.29) is 0 Å². The number of rotatable bonds is 1. The van der Waals surface area contributed by atoms with E-state index in [0.29, 0.717) is 0 Å². The van der Waals surface area contributed by atoms with E-state index in [9.17, 15) is 0 Å². The third-order valence-corrected chi connectivity index (χ3v) is 4.35. The van der Waals surface area contributed by atoms with Gasteiger partial charge in [0.15, 0.2) is 0 Å². The van der Waals surface area contributed by atoms with Crippen LogP contribution in [0.2, 0.25) is 0 Å². The molecule has 0 atom stereocenters. The Labute approximate surface area is 113 Å². The molecule has 0 radical (unpaired) electrons. The molecule has 0 heteroatoms. The average molecular weight is 244 g/mol. The molecule has 0 saturated carbocycles. The first-order valence-corrected chi connectivity index (χ1v) is 6.95. The van der Waals surface area contributed by atoms with E-state index in [1.165, 1.54) is 43.4 Å². The van der Waals surface area contributed by atoms with Crippen molar-refractivity contribution >= 4 is 32.3 Å². The lowest BCUT2D eigenvalue weighted by atomic mass is 9.90. The van der Waals surface area contributed by atoms with Gasteiger partial charge in [-0.25, -0.2) is 0 Å². The van der Waals surface area contributed by atoms with Crippen LogP contribution in [0.25, 0.3) is 32.3 Å². The van der Waals surface area contributed by atoms with E-state index in [4.69, 9.17) is 0 Å². The number of hydrogen-bond donors (Lipinski definition) is 0. The standard InChI is InChI=1S/C19H16/c1-3-13-6-7-15-9-8-14-5-4-12(2)16-10-11-17(13)19(15)18(14)16/h4-11H,3H2,1-2H3. The summed E-state index contributed by atoms with van der Waals surface area (Å²) >= 11 is 0. The number of hydrogen-bond acceptors (Lipinski definition) is 0. The molecule has 19 heavy (non-hydrogen) atoms. The van der Waals surface area contributed by atoms with Gasteiger partial charge in [-0.1, -0.05) is 55.5 Å². The van der Waals surface area contributed by atoms with Gasteiger partial charge in [-0.05, 0) is 56.8 Å². The quantitative estimate of drug-likeness (QED) is 0.390. The molecule has 0 aliphatic rings. The van der Waals surface area contributed by atoms with Crippen molar-refractivity contribution in [2.24, 2.45) is 0 Å². The maximum Gasteiger partial charge on any atom is -0.00239 e. The van der Waals surface area contributed by atoms with Gasteiger partial charge in [-0.2, -0.15) is 0 Å². The highest BCUT2D eigenvalue weighted by Gasteiger charge is 2.10. The fourth-order valence-electron chi connectivity index (χ4n) is 3.32. The lowest BCUT2D eigenvalue weighted by Crippen LogP contribution is -1.89. The minimum absolute atomic E-state index is 1.09. The molecule has 4 rings (SSSR count). The van der Waals surface area contributed by atoms with E-state index in [2.05, 4.69) is 62.4 Å². The van der Waals surface area contributed by atoms with E-state index >= 15 is 0 Å². The molecule has 92 valence electrons. The summed E-state index contributed by atoms with van der Waals surface area (Å²) in [6.45, 7) is 4.43. The first-order chi connectivity index (χ1) is 9.29. The van der Waals surface area contributed by atoms with Crippen LogP contribution in [0, 0.1) is 6.92 Å². The Morgan fingerprint density at radius 2 is 1.26 bits per heavy atom. The second kappa shape index (κ2) is 3.71. The monoisotopic (exact) mass is 244 g/mol. The fourth-order valence-corrected chi connectivity index (χ4v) is 3.32. The lowest BCUT2D eigenvalue weighted by molar-refractivity contribution is 1.16. The highest BCUT2D eigenvalue weighted by molar-refractivity contribution is 6.24. The summed E-state index contributed by atoms with van der Waals surface area (Å²) in [6.07, 6.45) is 1.09. The summed E-state index contributed by atoms with van der Waals surface area (Å²) < 4.78 is 0. The molecule has 4 aromatic rings. The van der Waals surface area contributed by atoms with Crippen molar-refractivity contribution in [1.82, 2.24) is 0 Å². The minimum atomic E-state index is 1.09. The van der Waals surface area contributed by atoms with Gasteiger partial charge in [0, 0.05) is 0 Å².